The van der Waals surface area contributed by atoms with Gasteiger partial charge in [0.2, 0.25) is 5.91 Å². The Labute approximate surface area is 75.6 Å². The number of rotatable bonds is 2. The van der Waals surface area contributed by atoms with E-state index >= 15 is 0 Å². The highest BCUT2D eigenvalue weighted by atomic mass is 16.6. The molecule has 1 saturated heterocycles. The average molecular weight is 184 g/mol. The molecule has 2 amide bonds. The Morgan fingerprint density at radius 3 is 2.77 bits per heavy atom. The zero-order chi connectivity index (χ0) is 9.42. The average Bonchev–Trinajstić information content (AvgIpc) is 2.77. The number of carbonyl (C=O) groups is 2. The minimum Gasteiger partial charge on any atom is -0.444 e. The number of hydrogen-bond acceptors (Lipinski definition) is 3. The summed E-state index contributed by atoms with van der Waals surface area (Å²) in [5.74, 6) is 0.430. The number of nitrogens with one attached hydrogen (secondary N) is 1. The van der Waals surface area contributed by atoms with E-state index in [4.69, 9.17) is 10.5 Å². The molecule has 0 spiro atoms. The number of carbonyl (C=O) groups excluding carboxylic acids is 2. The summed E-state index contributed by atoms with van der Waals surface area (Å²) in [7, 11) is 0. The summed E-state index contributed by atoms with van der Waals surface area (Å²) in [5, 5.41) is 2.80. The van der Waals surface area contributed by atoms with Crippen molar-refractivity contribution in [3.8, 4) is 0 Å². The van der Waals surface area contributed by atoms with Crippen LogP contribution < -0.4 is 11.1 Å². The third-order valence-electron chi connectivity index (χ3n) is 2.51. The lowest BCUT2D eigenvalue weighted by Gasteiger charge is -2.17. The molecular weight excluding hydrogens is 172 g/mol. The maximum Gasteiger partial charge on any atom is 0.404 e. The Morgan fingerprint density at radius 1 is 1.54 bits per heavy atom. The fourth-order valence-corrected chi connectivity index (χ4v) is 1.79. The van der Waals surface area contributed by atoms with Gasteiger partial charge in [-0.15, -0.1) is 0 Å². The van der Waals surface area contributed by atoms with Crippen LogP contribution in [0.2, 0.25) is 0 Å². The third kappa shape index (κ3) is 1.74. The van der Waals surface area contributed by atoms with Gasteiger partial charge in [-0.2, -0.15) is 0 Å². The smallest absolute Gasteiger partial charge is 0.404 e. The van der Waals surface area contributed by atoms with Crippen molar-refractivity contribution in [3.63, 3.8) is 0 Å². The van der Waals surface area contributed by atoms with Crippen molar-refractivity contribution in [1.29, 1.82) is 0 Å². The van der Waals surface area contributed by atoms with Gasteiger partial charge in [-0.1, -0.05) is 0 Å². The number of nitrogens with two attached hydrogens (primary N) is 1. The SMILES string of the molecule is NC(=O)O[C@@H]1CC(=O)N[C@H]1C1CC1. The summed E-state index contributed by atoms with van der Waals surface area (Å²) in [6.07, 6.45) is 1.31. The van der Waals surface area contributed by atoms with Crippen LogP contribution in [0.5, 0.6) is 0 Å². The van der Waals surface area contributed by atoms with Gasteiger partial charge in [-0.3, -0.25) is 4.79 Å². The molecule has 0 aromatic carbocycles. The third-order valence-corrected chi connectivity index (χ3v) is 2.51. The minimum atomic E-state index is -0.799. The summed E-state index contributed by atoms with van der Waals surface area (Å²) in [5.41, 5.74) is 4.90. The van der Waals surface area contributed by atoms with E-state index < -0.39 is 6.09 Å². The first-order valence-corrected chi connectivity index (χ1v) is 4.42. The van der Waals surface area contributed by atoms with Gasteiger partial charge in [0.05, 0.1) is 12.5 Å². The molecule has 13 heavy (non-hydrogen) atoms. The molecule has 5 nitrogen and oxygen atoms in total. The van der Waals surface area contributed by atoms with Crippen LogP contribution >= 0.6 is 0 Å². The minimum absolute atomic E-state index is 0.000000000000000444. The number of amides is 2. The second kappa shape index (κ2) is 2.90. The molecule has 2 aliphatic rings. The monoisotopic (exact) mass is 184 g/mol. The standard InChI is InChI=1S/C8H12N2O3/c9-8(12)13-5-3-6(11)10-7(5)4-1-2-4/h4-5,7H,1-3H2,(H2,9,12)(H,10,11)/t5-,7+/m1/s1. The molecule has 1 saturated carbocycles. The lowest BCUT2D eigenvalue weighted by atomic mass is 10.1. The van der Waals surface area contributed by atoms with Crippen LogP contribution in [0.15, 0.2) is 0 Å². The van der Waals surface area contributed by atoms with E-state index in [9.17, 15) is 9.59 Å². The van der Waals surface area contributed by atoms with Gasteiger partial charge in [0.15, 0.2) is 0 Å². The Kier molecular flexibility index (Phi) is 1.86. The first kappa shape index (κ1) is 8.34. The van der Waals surface area contributed by atoms with Gasteiger partial charge in [-0.05, 0) is 18.8 Å². The Hall–Kier alpha value is -1.26. The van der Waals surface area contributed by atoms with E-state index in [2.05, 4.69) is 5.32 Å². The van der Waals surface area contributed by atoms with Gasteiger partial charge in [-0.25, -0.2) is 4.79 Å². The first-order chi connectivity index (χ1) is 6.16. The lowest BCUT2D eigenvalue weighted by molar-refractivity contribution is -0.119. The van der Waals surface area contributed by atoms with E-state index in [1.165, 1.54) is 0 Å². The van der Waals surface area contributed by atoms with Crippen molar-refractivity contribution >= 4 is 12.0 Å². The molecule has 1 aliphatic carbocycles. The van der Waals surface area contributed by atoms with E-state index in [0.717, 1.165) is 12.8 Å². The Balaban J connectivity index is 1.98. The molecular formula is C8H12N2O3. The van der Waals surface area contributed by atoms with Crippen molar-refractivity contribution in [2.75, 3.05) is 0 Å². The van der Waals surface area contributed by atoms with Crippen molar-refractivity contribution in [3.05, 3.63) is 0 Å². The highest BCUT2D eigenvalue weighted by Gasteiger charge is 2.44. The number of primary amides is 1. The summed E-state index contributed by atoms with van der Waals surface area (Å²) >= 11 is 0. The highest BCUT2D eigenvalue weighted by molar-refractivity contribution is 5.80. The van der Waals surface area contributed by atoms with Crippen molar-refractivity contribution in [2.24, 2.45) is 11.7 Å². The van der Waals surface area contributed by atoms with Crippen LogP contribution in [0.4, 0.5) is 4.79 Å². The second-order valence-corrected chi connectivity index (χ2v) is 3.61. The van der Waals surface area contributed by atoms with Gasteiger partial charge >= 0.3 is 6.09 Å². The van der Waals surface area contributed by atoms with Gasteiger partial charge in [0, 0.05) is 0 Å². The maximum absolute atomic E-state index is 11.0. The largest absolute Gasteiger partial charge is 0.444 e. The molecule has 72 valence electrons. The molecule has 0 aromatic heterocycles. The quantitative estimate of drug-likeness (QED) is 0.620. The molecule has 2 atom stereocenters. The molecule has 5 heteroatoms. The van der Waals surface area contributed by atoms with Crippen LogP contribution in [0.1, 0.15) is 19.3 Å². The van der Waals surface area contributed by atoms with Crippen LogP contribution in [0.25, 0.3) is 0 Å². The van der Waals surface area contributed by atoms with Crippen LogP contribution in [-0.2, 0) is 9.53 Å². The topological polar surface area (TPSA) is 81.4 Å². The van der Waals surface area contributed by atoms with Gasteiger partial charge in [0.25, 0.3) is 0 Å². The van der Waals surface area contributed by atoms with Gasteiger partial charge in [0.1, 0.15) is 6.10 Å². The first-order valence-electron chi connectivity index (χ1n) is 4.42. The molecule has 2 rings (SSSR count). The highest BCUT2D eigenvalue weighted by Crippen LogP contribution is 2.37. The fourth-order valence-electron chi connectivity index (χ4n) is 1.79. The predicted octanol–water partition coefficient (Wildman–Crippen LogP) is -0.251. The molecule has 0 bridgehead atoms. The summed E-state index contributed by atoms with van der Waals surface area (Å²) < 4.78 is 4.85. The van der Waals surface area contributed by atoms with Crippen molar-refractivity contribution in [1.82, 2.24) is 5.32 Å². The number of ether oxygens (including phenoxy) is 1. The Bertz CT molecular complexity index is 250. The molecule has 0 aromatic rings. The molecule has 2 fully saturated rings. The van der Waals surface area contributed by atoms with Crippen LogP contribution in [0.3, 0.4) is 0 Å². The summed E-state index contributed by atoms with van der Waals surface area (Å²) in [6.45, 7) is 0. The molecule has 0 unspecified atom stereocenters. The zero-order valence-electron chi connectivity index (χ0n) is 7.16. The Morgan fingerprint density at radius 2 is 2.23 bits per heavy atom. The molecule has 1 heterocycles. The fraction of sp³-hybridized carbons (Fsp3) is 0.750. The van der Waals surface area contributed by atoms with Crippen molar-refractivity contribution in [2.45, 2.75) is 31.4 Å². The van der Waals surface area contributed by atoms with Crippen molar-refractivity contribution < 1.29 is 14.3 Å². The molecule has 1 aliphatic heterocycles. The van der Waals surface area contributed by atoms with E-state index in [-0.39, 0.29) is 24.5 Å². The van der Waals surface area contributed by atoms with Gasteiger partial charge < -0.3 is 15.8 Å². The maximum atomic E-state index is 11.0. The summed E-state index contributed by atoms with van der Waals surface area (Å²) in [6, 6.07) is -0.000000000000000444. The lowest BCUT2D eigenvalue weighted by Crippen LogP contribution is -2.37. The van der Waals surface area contributed by atoms with E-state index in [1.807, 2.05) is 0 Å². The van der Waals surface area contributed by atoms with E-state index in [1.54, 1.807) is 0 Å². The normalized spacial score (nSPS) is 32.8. The molecule has 3 N–H and O–H groups in total. The predicted molar refractivity (Wildman–Crippen MR) is 43.7 cm³/mol. The second-order valence-electron chi connectivity index (χ2n) is 3.61. The zero-order valence-corrected chi connectivity index (χ0v) is 7.16. The van der Waals surface area contributed by atoms with Crippen LogP contribution in [-0.4, -0.2) is 24.1 Å². The van der Waals surface area contributed by atoms with Crippen LogP contribution in [0, 0.1) is 5.92 Å². The molecule has 0 radical (unpaired) electrons. The summed E-state index contributed by atoms with van der Waals surface area (Å²) in [4.78, 5) is 21.5. The van der Waals surface area contributed by atoms with E-state index in [0.29, 0.717) is 5.92 Å². The number of hydrogen-bond donors (Lipinski definition) is 2.